The van der Waals surface area contributed by atoms with Crippen molar-refractivity contribution >= 4 is 11.6 Å². The van der Waals surface area contributed by atoms with Crippen LogP contribution in [0.4, 0.5) is 5.69 Å². The normalized spacial score (nSPS) is 18.7. The summed E-state index contributed by atoms with van der Waals surface area (Å²) in [7, 11) is 1.62. The highest BCUT2D eigenvalue weighted by molar-refractivity contribution is 5.92. The van der Waals surface area contributed by atoms with E-state index in [1.54, 1.807) is 7.11 Å². The van der Waals surface area contributed by atoms with Gasteiger partial charge in [0.15, 0.2) is 0 Å². The van der Waals surface area contributed by atoms with Crippen molar-refractivity contribution < 1.29 is 14.3 Å². The number of likely N-dealkylation sites (tertiary alicyclic amines) is 1. The molecule has 21 heavy (non-hydrogen) atoms. The zero-order valence-corrected chi connectivity index (χ0v) is 12.8. The average Bonchev–Trinajstić information content (AvgIpc) is 2.93. The van der Waals surface area contributed by atoms with Crippen LogP contribution in [-0.2, 0) is 9.53 Å². The second-order valence-corrected chi connectivity index (χ2v) is 5.20. The van der Waals surface area contributed by atoms with E-state index in [1.165, 1.54) is 0 Å². The summed E-state index contributed by atoms with van der Waals surface area (Å²) < 4.78 is 10.6. The lowest BCUT2D eigenvalue weighted by Gasteiger charge is -2.23. The lowest BCUT2D eigenvalue weighted by molar-refractivity contribution is -0.117. The summed E-state index contributed by atoms with van der Waals surface area (Å²) >= 11 is 0. The minimum Gasteiger partial charge on any atom is -0.497 e. The van der Waals surface area contributed by atoms with Crippen LogP contribution < -0.4 is 10.1 Å². The maximum Gasteiger partial charge on any atom is 0.238 e. The van der Waals surface area contributed by atoms with E-state index in [9.17, 15) is 4.79 Å². The van der Waals surface area contributed by atoms with Gasteiger partial charge in [0.25, 0.3) is 0 Å². The SMILES string of the molecule is CCOC[C@H]1CCCN1CC(=O)Nc1ccc(OC)cc1. The van der Waals surface area contributed by atoms with Gasteiger partial charge in [-0.1, -0.05) is 0 Å². The van der Waals surface area contributed by atoms with E-state index < -0.39 is 0 Å². The third-order valence-electron chi connectivity index (χ3n) is 3.73. The third-order valence-corrected chi connectivity index (χ3v) is 3.73. The number of carbonyl (C=O) groups excluding carboxylic acids is 1. The Morgan fingerprint density at radius 3 is 2.81 bits per heavy atom. The number of rotatable bonds is 7. The molecular weight excluding hydrogens is 268 g/mol. The number of amides is 1. The van der Waals surface area contributed by atoms with Crippen molar-refractivity contribution in [2.45, 2.75) is 25.8 Å². The Hall–Kier alpha value is -1.59. The number of hydrogen-bond acceptors (Lipinski definition) is 4. The predicted octanol–water partition coefficient (Wildman–Crippen LogP) is 2.13. The lowest BCUT2D eigenvalue weighted by Crippen LogP contribution is -2.39. The summed E-state index contributed by atoms with van der Waals surface area (Å²) in [5.41, 5.74) is 0.793. The molecule has 1 saturated heterocycles. The van der Waals surface area contributed by atoms with Crippen molar-refractivity contribution in [1.82, 2.24) is 4.90 Å². The Kier molecular flexibility index (Phi) is 6.02. The number of carbonyl (C=O) groups is 1. The molecule has 0 spiro atoms. The van der Waals surface area contributed by atoms with Crippen LogP contribution in [0.25, 0.3) is 0 Å². The Balaban J connectivity index is 1.82. The number of ether oxygens (including phenoxy) is 2. The molecule has 0 saturated carbocycles. The topological polar surface area (TPSA) is 50.8 Å². The van der Waals surface area contributed by atoms with Gasteiger partial charge in [0.1, 0.15) is 5.75 Å². The smallest absolute Gasteiger partial charge is 0.238 e. The molecule has 1 heterocycles. The van der Waals surface area contributed by atoms with E-state index in [1.807, 2.05) is 31.2 Å². The zero-order valence-electron chi connectivity index (χ0n) is 12.8. The largest absolute Gasteiger partial charge is 0.497 e. The number of benzene rings is 1. The molecule has 1 aromatic rings. The van der Waals surface area contributed by atoms with Crippen molar-refractivity contribution in [2.24, 2.45) is 0 Å². The number of nitrogens with zero attached hydrogens (tertiary/aromatic N) is 1. The van der Waals surface area contributed by atoms with Crippen LogP contribution in [0.2, 0.25) is 0 Å². The first-order chi connectivity index (χ1) is 10.2. The Morgan fingerprint density at radius 2 is 2.14 bits per heavy atom. The third kappa shape index (κ3) is 4.72. The molecule has 0 aromatic heterocycles. The molecule has 1 atom stereocenters. The van der Waals surface area contributed by atoms with Gasteiger partial charge < -0.3 is 14.8 Å². The fourth-order valence-electron chi connectivity index (χ4n) is 2.61. The minimum absolute atomic E-state index is 0.0172. The molecule has 116 valence electrons. The van der Waals surface area contributed by atoms with Gasteiger partial charge >= 0.3 is 0 Å². The van der Waals surface area contributed by atoms with E-state index in [4.69, 9.17) is 9.47 Å². The first kappa shape index (κ1) is 15.8. The lowest BCUT2D eigenvalue weighted by atomic mass is 10.2. The molecule has 1 amide bonds. The van der Waals surface area contributed by atoms with Gasteiger partial charge in [-0.15, -0.1) is 0 Å². The molecule has 1 fully saturated rings. The fraction of sp³-hybridized carbons (Fsp3) is 0.562. The maximum absolute atomic E-state index is 12.1. The van der Waals surface area contributed by atoms with Crippen LogP contribution in [0.15, 0.2) is 24.3 Å². The highest BCUT2D eigenvalue weighted by Crippen LogP contribution is 2.18. The summed E-state index contributed by atoms with van der Waals surface area (Å²) in [5, 5.41) is 2.92. The highest BCUT2D eigenvalue weighted by Gasteiger charge is 2.26. The Morgan fingerprint density at radius 1 is 1.38 bits per heavy atom. The van der Waals surface area contributed by atoms with E-state index in [0.29, 0.717) is 19.2 Å². The molecule has 1 aromatic carbocycles. The van der Waals surface area contributed by atoms with Gasteiger partial charge in [0.05, 0.1) is 20.3 Å². The van der Waals surface area contributed by atoms with Crippen molar-refractivity contribution in [2.75, 3.05) is 38.7 Å². The second kappa shape index (κ2) is 8.00. The molecule has 0 radical (unpaired) electrons. The molecule has 1 aliphatic rings. The summed E-state index contributed by atoms with van der Waals surface area (Å²) in [4.78, 5) is 14.3. The van der Waals surface area contributed by atoms with E-state index in [-0.39, 0.29) is 5.91 Å². The van der Waals surface area contributed by atoms with Gasteiger partial charge in [-0.3, -0.25) is 9.69 Å². The first-order valence-electron chi connectivity index (χ1n) is 7.48. The summed E-state index contributed by atoms with van der Waals surface area (Å²) in [6.45, 7) is 4.82. The van der Waals surface area contributed by atoms with Crippen LogP contribution >= 0.6 is 0 Å². The van der Waals surface area contributed by atoms with Gasteiger partial charge in [0.2, 0.25) is 5.91 Å². The molecule has 0 unspecified atom stereocenters. The van der Waals surface area contributed by atoms with Crippen LogP contribution in [-0.4, -0.2) is 50.3 Å². The maximum atomic E-state index is 12.1. The molecular formula is C16H24N2O3. The Labute approximate surface area is 126 Å². The van der Waals surface area contributed by atoms with Gasteiger partial charge in [-0.05, 0) is 50.6 Å². The summed E-state index contributed by atoms with van der Waals surface area (Å²) in [5.74, 6) is 0.799. The monoisotopic (exact) mass is 292 g/mol. The second-order valence-electron chi connectivity index (χ2n) is 5.20. The van der Waals surface area contributed by atoms with E-state index in [0.717, 1.165) is 37.4 Å². The van der Waals surface area contributed by atoms with Crippen molar-refractivity contribution in [1.29, 1.82) is 0 Å². The summed E-state index contributed by atoms with van der Waals surface area (Å²) in [6.07, 6.45) is 2.24. The van der Waals surface area contributed by atoms with Gasteiger partial charge in [-0.25, -0.2) is 0 Å². The van der Waals surface area contributed by atoms with Crippen molar-refractivity contribution in [3.8, 4) is 5.75 Å². The number of nitrogens with one attached hydrogen (secondary N) is 1. The van der Waals surface area contributed by atoms with Gasteiger partial charge in [-0.2, -0.15) is 0 Å². The van der Waals surface area contributed by atoms with Gasteiger partial charge in [0, 0.05) is 18.3 Å². The number of hydrogen-bond donors (Lipinski definition) is 1. The molecule has 2 rings (SSSR count). The first-order valence-corrected chi connectivity index (χ1v) is 7.48. The molecule has 1 N–H and O–H groups in total. The zero-order chi connectivity index (χ0) is 15.1. The molecule has 5 heteroatoms. The van der Waals surface area contributed by atoms with E-state index >= 15 is 0 Å². The van der Waals surface area contributed by atoms with Crippen LogP contribution in [0, 0.1) is 0 Å². The van der Waals surface area contributed by atoms with Crippen molar-refractivity contribution in [3.63, 3.8) is 0 Å². The predicted molar refractivity (Wildman–Crippen MR) is 82.7 cm³/mol. The number of methoxy groups -OCH3 is 1. The minimum atomic E-state index is 0.0172. The quantitative estimate of drug-likeness (QED) is 0.836. The van der Waals surface area contributed by atoms with Crippen LogP contribution in [0.5, 0.6) is 5.75 Å². The van der Waals surface area contributed by atoms with Crippen LogP contribution in [0.3, 0.4) is 0 Å². The summed E-state index contributed by atoms with van der Waals surface area (Å²) in [6, 6.07) is 7.73. The number of anilines is 1. The molecule has 5 nitrogen and oxygen atoms in total. The van der Waals surface area contributed by atoms with E-state index in [2.05, 4.69) is 10.2 Å². The molecule has 0 aliphatic carbocycles. The standard InChI is InChI=1S/C16H24N2O3/c1-3-21-12-14-5-4-10-18(14)11-16(19)17-13-6-8-15(20-2)9-7-13/h6-9,14H,3-5,10-12H2,1-2H3,(H,17,19)/t14-/m1/s1. The fourth-order valence-corrected chi connectivity index (χ4v) is 2.61. The molecule has 0 bridgehead atoms. The molecule has 1 aliphatic heterocycles. The van der Waals surface area contributed by atoms with Crippen molar-refractivity contribution in [3.05, 3.63) is 24.3 Å². The van der Waals surface area contributed by atoms with Crippen LogP contribution in [0.1, 0.15) is 19.8 Å². The average molecular weight is 292 g/mol. The Bertz CT molecular complexity index is 447. The highest BCUT2D eigenvalue weighted by atomic mass is 16.5.